The molecule has 0 aliphatic heterocycles. The summed E-state index contributed by atoms with van der Waals surface area (Å²) in [6.45, 7) is 7.17. The van der Waals surface area contributed by atoms with Gasteiger partial charge in [0, 0.05) is 23.2 Å². The first kappa shape index (κ1) is 18.5. The Hall–Kier alpha value is -2.50. The predicted molar refractivity (Wildman–Crippen MR) is 90.1 cm³/mol. The second-order valence-electron chi connectivity index (χ2n) is 5.25. The lowest BCUT2D eigenvalue weighted by molar-refractivity contribution is -0.117. The lowest BCUT2D eigenvalue weighted by Crippen LogP contribution is -2.25. The average molecular weight is 320 g/mol. The Morgan fingerprint density at radius 1 is 1.26 bits per heavy atom. The summed E-state index contributed by atoms with van der Waals surface area (Å²) < 4.78 is 10.7. The van der Waals surface area contributed by atoms with Crippen LogP contribution in [0.5, 0.6) is 11.5 Å². The number of nitrogens with two attached hydrogens (primary N) is 1. The van der Waals surface area contributed by atoms with Gasteiger partial charge in [0.15, 0.2) is 5.78 Å². The van der Waals surface area contributed by atoms with E-state index < -0.39 is 0 Å². The Bertz CT molecular complexity index is 624. The fourth-order valence-corrected chi connectivity index (χ4v) is 2.25. The molecule has 0 saturated carbocycles. The maximum absolute atomic E-state index is 11.7. The zero-order valence-corrected chi connectivity index (χ0v) is 14.1. The quantitative estimate of drug-likeness (QED) is 0.331. The van der Waals surface area contributed by atoms with Crippen molar-refractivity contribution in [3.8, 4) is 11.5 Å². The van der Waals surface area contributed by atoms with E-state index in [1.165, 1.54) is 21.1 Å². The number of anilines is 1. The van der Waals surface area contributed by atoms with E-state index in [-0.39, 0.29) is 11.7 Å². The minimum atomic E-state index is -0.171. The highest BCUT2D eigenvalue weighted by Gasteiger charge is 2.19. The molecule has 1 amide bonds. The Labute approximate surface area is 136 Å². The van der Waals surface area contributed by atoms with E-state index in [1.54, 1.807) is 13.0 Å². The first-order valence-electron chi connectivity index (χ1n) is 7.31. The molecule has 1 rings (SSSR count). The third-order valence-corrected chi connectivity index (χ3v) is 3.46. The fraction of sp³-hybridized carbons (Fsp3) is 0.412. The third kappa shape index (κ3) is 4.48. The van der Waals surface area contributed by atoms with E-state index >= 15 is 0 Å². The zero-order valence-electron chi connectivity index (χ0n) is 14.1. The van der Waals surface area contributed by atoms with Crippen LogP contribution in [0.25, 0.3) is 0 Å². The first-order chi connectivity index (χ1) is 10.8. The Kier molecular flexibility index (Phi) is 6.63. The monoisotopic (exact) mass is 320 g/mol. The van der Waals surface area contributed by atoms with Crippen LogP contribution >= 0.6 is 0 Å². The number of rotatable bonds is 8. The summed E-state index contributed by atoms with van der Waals surface area (Å²) >= 11 is 0. The van der Waals surface area contributed by atoms with Gasteiger partial charge in [0.2, 0.25) is 5.91 Å². The van der Waals surface area contributed by atoms with E-state index in [0.717, 1.165) is 5.56 Å². The van der Waals surface area contributed by atoms with Crippen molar-refractivity contribution in [1.29, 1.82) is 0 Å². The molecule has 0 aliphatic rings. The van der Waals surface area contributed by atoms with Crippen molar-refractivity contribution in [2.45, 2.75) is 26.7 Å². The molecule has 0 bridgehead atoms. The van der Waals surface area contributed by atoms with Crippen molar-refractivity contribution >= 4 is 17.4 Å². The molecule has 1 aromatic rings. The molecule has 0 atom stereocenters. The number of hydrogen-bond acceptors (Lipinski definition) is 5. The highest BCUT2D eigenvalue weighted by atomic mass is 16.5. The van der Waals surface area contributed by atoms with Gasteiger partial charge < -0.3 is 20.5 Å². The molecule has 0 spiro atoms. The highest BCUT2D eigenvalue weighted by Crippen LogP contribution is 2.38. The molecule has 0 fully saturated rings. The number of amides is 1. The van der Waals surface area contributed by atoms with Crippen LogP contribution in [0.2, 0.25) is 0 Å². The van der Waals surface area contributed by atoms with Crippen LogP contribution in [-0.2, 0) is 11.2 Å². The maximum Gasteiger partial charge on any atom is 0.246 e. The molecule has 0 unspecified atom stereocenters. The van der Waals surface area contributed by atoms with Gasteiger partial charge in [0.05, 0.1) is 19.9 Å². The van der Waals surface area contributed by atoms with Crippen molar-refractivity contribution in [3.05, 3.63) is 29.3 Å². The van der Waals surface area contributed by atoms with E-state index in [4.69, 9.17) is 15.2 Å². The number of carbonyl (C=O) groups is 2. The fourth-order valence-electron chi connectivity index (χ4n) is 2.25. The van der Waals surface area contributed by atoms with Crippen molar-refractivity contribution in [2.24, 2.45) is 0 Å². The average Bonchev–Trinajstić information content (AvgIpc) is 2.50. The van der Waals surface area contributed by atoms with Crippen molar-refractivity contribution < 1.29 is 19.1 Å². The van der Waals surface area contributed by atoms with Gasteiger partial charge in [-0.2, -0.15) is 0 Å². The molecule has 0 heterocycles. The number of hydrogen-bond donors (Lipinski definition) is 2. The van der Waals surface area contributed by atoms with Gasteiger partial charge >= 0.3 is 0 Å². The lowest BCUT2D eigenvalue weighted by atomic mass is 10.00. The number of nitrogen functional groups attached to an aromatic ring is 1. The van der Waals surface area contributed by atoms with Gasteiger partial charge in [-0.1, -0.05) is 6.58 Å². The summed E-state index contributed by atoms with van der Waals surface area (Å²) in [5, 5.41) is 2.77. The number of carbonyl (C=O) groups excluding carboxylic acids is 2. The van der Waals surface area contributed by atoms with Gasteiger partial charge in [-0.25, -0.2) is 0 Å². The number of benzene rings is 1. The van der Waals surface area contributed by atoms with Gasteiger partial charge in [0.1, 0.15) is 11.5 Å². The zero-order chi connectivity index (χ0) is 17.6. The molecule has 6 heteroatoms. The van der Waals surface area contributed by atoms with Gasteiger partial charge in [-0.15, -0.1) is 0 Å². The van der Waals surface area contributed by atoms with E-state index in [1.807, 2.05) is 0 Å². The summed E-state index contributed by atoms with van der Waals surface area (Å²) in [6, 6.07) is 1.63. The van der Waals surface area contributed by atoms with Crippen molar-refractivity contribution in [1.82, 2.24) is 5.32 Å². The molecule has 0 saturated heterocycles. The number of Topliss-reactive ketones (excluding diaryl/α,β-unsaturated/α-hetero) is 1. The summed E-state index contributed by atoms with van der Waals surface area (Å²) in [7, 11) is 3.03. The summed E-state index contributed by atoms with van der Waals surface area (Å²) in [5.41, 5.74) is 7.96. The van der Waals surface area contributed by atoms with Gasteiger partial charge in [-0.3, -0.25) is 9.59 Å². The lowest BCUT2D eigenvalue weighted by Gasteiger charge is -2.17. The van der Waals surface area contributed by atoms with Crippen LogP contribution < -0.4 is 20.5 Å². The van der Waals surface area contributed by atoms with E-state index in [2.05, 4.69) is 11.9 Å². The Morgan fingerprint density at radius 3 is 2.39 bits per heavy atom. The minimum absolute atomic E-state index is 0.153. The molecular formula is C17H24N2O4. The SMILES string of the molecule is C=C(C)C(=O)NCCCc1c(OC)cc(C(C)=O)c(N)c1OC. The third-order valence-electron chi connectivity index (χ3n) is 3.46. The molecular weight excluding hydrogens is 296 g/mol. The second kappa shape index (κ2) is 8.22. The summed E-state index contributed by atoms with van der Waals surface area (Å²) in [5.74, 6) is 0.669. The molecule has 126 valence electrons. The molecule has 3 N–H and O–H groups in total. The number of nitrogens with one attached hydrogen (secondary N) is 1. The Morgan fingerprint density at radius 2 is 1.91 bits per heavy atom. The van der Waals surface area contributed by atoms with Crippen LogP contribution in [0.15, 0.2) is 18.2 Å². The largest absolute Gasteiger partial charge is 0.496 e. The Balaban J connectivity index is 2.97. The van der Waals surface area contributed by atoms with Crippen LogP contribution in [0.3, 0.4) is 0 Å². The smallest absolute Gasteiger partial charge is 0.246 e. The minimum Gasteiger partial charge on any atom is -0.496 e. The second-order valence-corrected chi connectivity index (χ2v) is 5.25. The standard InChI is InChI=1S/C17H24N2O4/c1-10(2)17(21)19-8-6-7-12-14(22-4)9-13(11(3)20)15(18)16(12)23-5/h9H,1,6-8,18H2,2-5H3,(H,19,21). The molecule has 23 heavy (non-hydrogen) atoms. The van der Waals surface area contributed by atoms with Crippen molar-refractivity contribution in [2.75, 3.05) is 26.5 Å². The number of ketones is 1. The molecule has 0 aromatic heterocycles. The molecule has 0 radical (unpaired) electrons. The molecule has 1 aromatic carbocycles. The van der Waals surface area contributed by atoms with Gasteiger partial charge in [0.25, 0.3) is 0 Å². The van der Waals surface area contributed by atoms with E-state index in [9.17, 15) is 9.59 Å². The van der Waals surface area contributed by atoms with Crippen LogP contribution in [0, 0.1) is 0 Å². The van der Waals surface area contributed by atoms with Gasteiger partial charge in [-0.05, 0) is 32.8 Å². The summed E-state index contributed by atoms with van der Waals surface area (Å²) in [4.78, 5) is 23.1. The first-order valence-corrected chi connectivity index (χ1v) is 7.31. The topological polar surface area (TPSA) is 90.7 Å². The maximum atomic E-state index is 11.7. The highest BCUT2D eigenvalue weighted by molar-refractivity contribution is 6.01. The normalized spacial score (nSPS) is 10.1. The number of ether oxygens (including phenoxy) is 2. The van der Waals surface area contributed by atoms with Crippen LogP contribution in [0.4, 0.5) is 5.69 Å². The molecule has 6 nitrogen and oxygen atoms in total. The van der Waals surface area contributed by atoms with Crippen LogP contribution in [0.1, 0.15) is 36.2 Å². The van der Waals surface area contributed by atoms with Crippen LogP contribution in [-0.4, -0.2) is 32.5 Å². The molecule has 0 aliphatic carbocycles. The predicted octanol–water partition coefficient (Wildman–Crippen LogP) is 2.11. The van der Waals surface area contributed by atoms with E-state index in [0.29, 0.717) is 47.7 Å². The number of methoxy groups -OCH3 is 2. The van der Waals surface area contributed by atoms with Crippen molar-refractivity contribution in [3.63, 3.8) is 0 Å². The summed E-state index contributed by atoms with van der Waals surface area (Å²) in [6.07, 6.45) is 1.26.